The van der Waals surface area contributed by atoms with Gasteiger partial charge >= 0.3 is 0 Å². The number of fused-ring (bicyclic) bond motifs is 1. The molecule has 3 rings (SSSR count). The molecule has 3 N–H and O–H groups in total. The van der Waals surface area contributed by atoms with E-state index in [1.807, 2.05) is 0 Å². The third-order valence-corrected chi connectivity index (χ3v) is 5.54. The molecule has 0 aliphatic carbocycles. The van der Waals surface area contributed by atoms with Gasteiger partial charge in [0.1, 0.15) is 11.6 Å². The second-order valence-corrected chi connectivity index (χ2v) is 7.82. The van der Waals surface area contributed by atoms with E-state index >= 15 is 0 Å². The molecule has 10 heteroatoms. The molecule has 1 aliphatic heterocycles. The molecule has 140 valence electrons. The van der Waals surface area contributed by atoms with Crippen molar-refractivity contribution >= 4 is 21.6 Å². The third kappa shape index (κ3) is 3.76. The van der Waals surface area contributed by atoms with Crippen molar-refractivity contribution in [3.63, 3.8) is 0 Å². The summed E-state index contributed by atoms with van der Waals surface area (Å²) in [7, 11) is -2.25. The van der Waals surface area contributed by atoms with Gasteiger partial charge < -0.3 is 15.2 Å². The topological polar surface area (TPSA) is 105 Å². The van der Waals surface area contributed by atoms with Crippen molar-refractivity contribution in [3.8, 4) is 0 Å². The molecule has 0 radical (unpaired) electrons. The fourth-order valence-corrected chi connectivity index (χ4v) is 3.73. The third-order valence-electron chi connectivity index (χ3n) is 4.27. The Kier molecular flexibility index (Phi) is 5.08. The van der Waals surface area contributed by atoms with Crippen molar-refractivity contribution in [1.29, 1.82) is 0 Å². The van der Waals surface area contributed by atoms with Crippen molar-refractivity contribution in [2.24, 2.45) is 7.05 Å². The molecule has 0 fully saturated rings. The SMILES string of the molecule is Cc1nc(S(=O)(=O)NCC(=O)Nc2ccc3c(c2F)CCNC3)cn1C. The Labute approximate surface area is 150 Å². The highest BCUT2D eigenvalue weighted by Crippen LogP contribution is 2.24. The van der Waals surface area contributed by atoms with Crippen LogP contribution in [0, 0.1) is 12.7 Å². The smallest absolute Gasteiger partial charge is 0.260 e. The molecule has 1 aliphatic rings. The van der Waals surface area contributed by atoms with E-state index in [2.05, 4.69) is 20.3 Å². The molecule has 1 aromatic carbocycles. The predicted octanol–water partition coefficient (Wildman–Crippen LogP) is 0.430. The van der Waals surface area contributed by atoms with E-state index in [4.69, 9.17) is 0 Å². The number of halogens is 1. The minimum Gasteiger partial charge on any atom is -0.337 e. The zero-order chi connectivity index (χ0) is 18.9. The Balaban J connectivity index is 1.66. The molecule has 1 aromatic heterocycles. The molecule has 8 nitrogen and oxygen atoms in total. The van der Waals surface area contributed by atoms with Crippen LogP contribution in [0.4, 0.5) is 10.1 Å². The van der Waals surface area contributed by atoms with Gasteiger partial charge in [0.2, 0.25) is 5.91 Å². The molecule has 0 bridgehead atoms. The molecule has 2 heterocycles. The Morgan fingerprint density at radius 2 is 2.19 bits per heavy atom. The van der Waals surface area contributed by atoms with Gasteiger partial charge in [-0.25, -0.2) is 22.5 Å². The predicted molar refractivity (Wildman–Crippen MR) is 93.6 cm³/mol. The van der Waals surface area contributed by atoms with Gasteiger partial charge in [-0.1, -0.05) is 6.07 Å². The maximum absolute atomic E-state index is 14.5. The van der Waals surface area contributed by atoms with Crippen LogP contribution in [0.1, 0.15) is 17.0 Å². The molecule has 0 spiro atoms. The number of carbonyl (C=O) groups is 1. The van der Waals surface area contributed by atoms with Gasteiger partial charge in [0.05, 0.1) is 12.2 Å². The van der Waals surface area contributed by atoms with E-state index < -0.39 is 28.3 Å². The summed E-state index contributed by atoms with van der Waals surface area (Å²) in [6, 6.07) is 3.23. The van der Waals surface area contributed by atoms with Crippen molar-refractivity contribution in [1.82, 2.24) is 19.6 Å². The van der Waals surface area contributed by atoms with E-state index in [1.54, 1.807) is 24.6 Å². The first kappa shape index (κ1) is 18.5. The fourth-order valence-electron chi connectivity index (χ4n) is 2.71. The van der Waals surface area contributed by atoms with Gasteiger partial charge in [-0.3, -0.25) is 4.79 Å². The van der Waals surface area contributed by atoms with Crippen LogP contribution >= 0.6 is 0 Å². The molecule has 0 unspecified atom stereocenters. The summed E-state index contributed by atoms with van der Waals surface area (Å²) in [5.74, 6) is -0.602. The Bertz CT molecular complexity index is 936. The number of aromatic nitrogens is 2. The van der Waals surface area contributed by atoms with Gasteiger partial charge in [0.15, 0.2) is 5.03 Å². The van der Waals surface area contributed by atoms with E-state index in [0.29, 0.717) is 30.9 Å². The molecule has 26 heavy (non-hydrogen) atoms. The molecule has 2 aromatic rings. The largest absolute Gasteiger partial charge is 0.337 e. The van der Waals surface area contributed by atoms with E-state index in [0.717, 1.165) is 5.56 Å². The number of aryl methyl sites for hydroxylation is 2. The van der Waals surface area contributed by atoms with E-state index in [1.165, 1.54) is 12.3 Å². The zero-order valence-corrected chi connectivity index (χ0v) is 15.3. The van der Waals surface area contributed by atoms with Gasteiger partial charge in [-0.15, -0.1) is 0 Å². The summed E-state index contributed by atoms with van der Waals surface area (Å²) >= 11 is 0. The highest BCUT2D eigenvalue weighted by atomic mass is 32.2. The lowest BCUT2D eigenvalue weighted by molar-refractivity contribution is -0.115. The highest BCUT2D eigenvalue weighted by Gasteiger charge is 2.21. The van der Waals surface area contributed by atoms with Gasteiger partial charge in [0.25, 0.3) is 10.0 Å². The first-order chi connectivity index (χ1) is 12.3. The summed E-state index contributed by atoms with van der Waals surface area (Å²) in [6.45, 7) is 2.41. The summed E-state index contributed by atoms with van der Waals surface area (Å²) in [5.41, 5.74) is 1.48. The Morgan fingerprint density at radius 1 is 1.42 bits per heavy atom. The number of amides is 1. The molecular weight excluding hydrogens is 361 g/mol. The number of carbonyl (C=O) groups excluding carboxylic acids is 1. The number of sulfonamides is 1. The second kappa shape index (κ2) is 7.14. The molecule has 0 saturated carbocycles. The van der Waals surface area contributed by atoms with Gasteiger partial charge in [0, 0.05) is 19.8 Å². The van der Waals surface area contributed by atoms with Crippen LogP contribution in [0.2, 0.25) is 0 Å². The zero-order valence-electron chi connectivity index (χ0n) is 14.5. The second-order valence-electron chi connectivity index (χ2n) is 6.10. The minimum atomic E-state index is -3.92. The normalized spacial score (nSPS) is 14.1. The maximum atomic E-state index is 14.5. The minimum absolute atomic E-state index is 0.0449. The van der Waals surface area contributed by atoms with E-state index in [-0.39, 0.29) is 10.7 Å². The van der Waals surface area contributed by atoms with Crippen molar-refractivity contribution < 1.29 is 17.6 Å². The number of hydrogen-bond acceptors (Lipinski definition) is 5. The van der Waals surface area contributed by atoms with Crippen LogP contribution < -0.4 is 15.4 Å². The Morgan fingerprint density at radius 3 is 2.88 bits per heavy atom. The van der Waals surface area contributed by atoms with Crippen LogP contribution in [0.15, 0.2) is 23.4 Å². The van der Waals surface area contributed by atoms with Gasteiger partial charge in [-0.2, -0.15) is 0 Å². The van der Waals surface area contributed by atoms with Crippen LogP contribution in [0.25, 0.3) is 0 Å². The number of hydrogen-bond donors (Lipinski definition) is 3. The van der Waals surface area contributed by atoms with Crippen LogP contribution in [0.5, 0.6) is 0 Å². The fraction of sp³-hybridized carbons (Fsp3) is 0.375. The monoisotopic (exact) mass is 381 g/mol. The van der Waals surface area contributed by atoms with Crippen LogP contribution in [0.3, 0.4) is 0 Å². The summed E-state index contributed by atoms with van der Waals surface area (Å²) in [5, 5.41) is 5.39. The lowest BCUT2D eigenvalue weighted by atomic mass is 9.99. The molecule has 1 amide bonds. The van der Waals surface area contributed by atoms with Crippen molar-refractivity contribution in [2.75, 3.05) is 18.4 Å². The van der Waals surface area contributed by atoms with Gasteiger partial charge in [-0.05, 0) is 37.1 Å². The van der Waals surface area contributed by atoms with Crippen LogP contribution in [-0.4, -0.2) is 37.0 Å². The lowest BCUT2D eigenvalue weighted by Gasteiger charge is -2.19. The van der Waals surface area contributed by atoms with Crippen molar-refractivity contribution in [2.45, 2.75) is 24.9 Å². The molecular formula is C16H20FN5O3S. The molecule has 0 saturated heterocycles. The summed E-state index contributed by atoms with van der Waals surface area (Å²) in [6.07, 6.45) is 1.89. The number of rotatable bonds is 5. The molecule has 0 atom stereocenters. The van der Waals surface area contributed by atoms with E-state index in [9.17, 15) is 17.6 Å². The average molecular weight is 381 g/mol. The van der Waals surface area contributed by atoms with Crippen LogP contribution in [-0.2, 0) is 34.8 Å². The quantitative estimate of drug-likeness (QED) is 0.697. The summed E-state index contributed by atoms with van der Waals surface area (Å²) in [4.78, 5) is 16.0. The first-order valence-corrected chi connectivity index (χ1v) is 9.56. The van der Waals surface area contributed by atoms with Crippen molar-refractivity contribution in [3.05, 3.63) is 41.1 Å². The first-order valence-electron chi connectivity index (χ1n) is 8.08. The Hall–Kier alpha value is -2.30. The average Bonchev–Trinajstić information content (AvgIpc) is 2.96. The highest BCUT2D eigenvalue weighted by molar-refractivity contribution is 7.89. The maximum Gasteiger partial charge on any atom is 0.260 e. The number of anilines is 1. The summed E-state index contributed by atoms with van der Waals surface area (Å²) < 4.78 is 42.6. The lowest BCUT2D eigenvalue weighted by Crippen LogP contribution is -2.33. The number of nitrogens with zero attached hydrogens (tertiary/aromatic N) is 2. The number of nitrogens with one attached hydrogen (secondary N) is 3. The number of benzene rings is 1. The standard InChI is InChI=1S/C16H20FN5O3S/c1-10-20-15(9-22(10)2)26(24,25)19-8-14(23)21-13-4-3-11-7-18-6-5-12(11)16(13)17/h3-4,9,18-19H,5-8H2,1-2H3,(H,21,23). The number of imidazole rings is 1.